The van der Waals surface area contributed by atoms with Crippen molar-refractivity contribution in [2.75, 3.05) is 19.8 Å². The Labute approximate surface area is 85.8 Å². The molecule has 0 spiro atoms. The first-order chi connectivity index (χ1) is 6.62. The molecule has 1 heterocycles. The van der Waals surface area contributed by atoms with Crippen LogP contribution in [0.15, 0.2) is 0 Å². The van der Waals surface area contributed by atoms with Gasteiger partial charge in [0.25, 0.3) is 0 Å². The van der Waals surface area contributed by atoms with Crippen LogP contribution in [0.4, 0.5) is 0 Å². The molecule has 0 bridgehead atoms. The lowest BCUT2D eigenvalue weighted by Gasteiger charge is -2.40. The molecule has 1 saturated carbocycles. The average molecular weight is 196 g/mol. The summed E-state index contributed by atoms with van der Waals surface area (Å²) in [6, 6.07) is 0. The van der Waals surface area contributed by atoms with Gasteiger partial charge in [0.1, 0.15) is 0 Å². The highest BCUT2D eigenvalue weighted by atomic mass is 16.2. The standard InChI is InChI=1S/C11H20N2O/c1-11(2,9-4-3-5-9)10(14)13-7-6-12-8-13/h9,12H,3-8H2,1-2H3. The van der Waals surface area contributed by atoms with Crippen LogP contribution < -0.4 is 5.32 Å². The highest BCUT2D eigenvalue weighted by Crippen LogP contribution is 2.42. The Morgan fingerprint density at radius 1 is 1.43 bits per heavy atom. The zero-order chi connectivity index (χ0) is 10.2. The molecule has 0 radical (unpaired) electrons. The van der Waals surface area contributed by atoms with Crippen molar-refractivity contribution in [3.05, 3.63) is 0 Å². The van der Waals surface area contributed by atoms with E-state index in [1.54, 1.807) is 0 Å². The minimum atomic E-state index is -0.135. The zero-order valence-corrected chi connectivity index (χ0v) is 9.18. The Hall–Kier alpha value is -0.570. The van der Waals surface area contributed by atoms with Gasteiger partial charge < -0.3 is 4.90 Å². The summed E-state index contributed by atoms with van der Waals surface area (Å²) in [5, 5.41) is 3.21. The van der Waals surface area contributed by atoms with E-state index in [-0.39, 0.29) is 5.41 Å². The van der Waals surface area contributed by atoms with Gasteiger partial charge in [-0.1, -0.05) is 20.3 Å². The van der Waals surface area contributed by atoms with Crippen molar-refractivity contribution >= 4 is 5.91 Å². The Morgan fingerprint density at radius 2 is 2.14 bits per heavy atom. The molecule has 3 nitrogen and oxygen atoms in total. The molecule has 14 heavy (non-hydrogen) atoms. The van der Waals surface area contributed by atoms with Gasteiger partial charge in [0.15, 0.2) is 0 Å². The Morgan fingerprint density at radius 3 is 2.57 bits per heavy atom. The van der Waals surface area contributed by atoms with E-state index < -0.39 is 0 Å². The molecule has 1 aliphatic carbocycles. The van der Waals surface area contributed by atoms with Crippen LogP contribution in [-0.4, -0.2) is 30.6 Å². The van der Waals surface area contributed by atoms with Gasteiger partial charge in [0.05, 0.1) is 6.67 Å². The normalized spacial score (nSPS) is 23.7. The fourth-order valence-electron chi connectivity index (χ4n) is 2.39. The molecule has 2 aliphatic rings. The molecule has 0 aromatic rings. The van der Waals surface area contributed by atoms with Crippen LogP contribution in [0.2, 0.25) is 0 Å². The second-order valence-electron chi connectivity index (χ2n) is 5.08. The molecule has 2 rings (SSSR count). The Kier molecular flexibility index (Phi) is 2.52. The van der Waals surface area contributed by atoms with Gasteiger partial charge in [-0.3, -0.25) is 10.1 Å². The summed E-state index contributed by atoms with van der Waals surface area (Å²) in [6.45, 7) is 6.80. The Bertz CT molecular complexity index is 227. The second kappa shape index (κ2) is 3.54. The largest absolute Gasteiger partial charge is 0.328 e. The molecule has 1 N–H and O–H groups in total. The number of hydrogen-bond acceptors (Lipinski definition) is 2. The second-order valence-corrected chi connectivity index (χ2v) is 5.08. The third-order valence-electron chi connectivity index (χ3n) is 3.83. The lowest BCUT2D eigenvalue weighted by molar-refractivity contribution is -0.144. The summed E-state index contributed by atoms with van der Waals surface area (Å²) in [6.07, 6.45) is 3.78. The van der Waals surface area contributed by atoms with E-state index in [1.807, 2.05) is 4.90 Å². The Balaban J connectivity index is 2.00. The maximum atomic E-state index is 12.2. The monoisotopic (exact) mass is 196 g/mol. The third-order valence-corrected chi connectivity index (χ3v) is 3.83. The summed E-state index contributed by atoms with van der Waals surface area (Å²) in [5.74, 6) is 0.961. The van der Waals surface area contributed by atoms with E-state index in [1.165, 1.54) is 19.3 Å². The van der Waals surface area contributed by atoms with E-state index in [0.717, 1.165) is 19.8 Å². The van der Waals surface area contributed by atoms with E-state index in [0.29, 0.717) is 11.8 Å². The molecule has 80 valence electrons. The van der Waals surface area contributed by atoms with Gasteiger partial charge >= 0.3 is 0 Å². The van der Waals surface area contributed by atoms with Crippen molar-refractivity contribution in [2.24, 2.45) is 11.3 Å². The van der Waals surface area contributed by atoms with E-state index in [9.17, 15) is 4.79 Å². The number of nitrogens with one attached hydrogen (secondary N) is 1. The van der Waals surface area contributed by atoms with Crippen molar-refractivity contribution in [3.8, 4) is 0 Å². The molecular weight excluding hydrogens is 176 g/mol. The minimum Gasteiger partial charge on any atom is -0.328 e. The van der Waals surface area contributed by atoms with Gasteiger partial charge in [-0.05, 0) is 18.8 Å². The molecule has 1 saturated heterocycles. The van der Waals surface area contributed by atoms with Crippen LogP contribution >= 0.6 is 0 Å². The molecule has 2 fully saturated rings. The molecule has 1 aliphatic heterocycles. The smallest absolute Gasteiger partial charge is 0.229 e. The predicted molar refractivity (Wildman–Crippen MR) is 55.7 cm³/mol. The summed E-state index contributed by atoms with van der Waals surface area (Å²) in [4.78, 5) is 14.1. The lowest BCUT2D eigenvalue weighted by Crippen LogP contribution is -2.46. The number of nitrogens with zero attached hydrogens (tertiary/aromatic N) is 1. The summed E-state index contributed by atoms with van der Waals surface area (Å²) in [7, 11) is 0. The van der Waals surface area contributed by atoms with Crippen LogP contribution in [0, 0.1) is 11.3 Å². The van der Waals surface area contributed by atoms with Crippen molar-refractivity contribution < 1.29 is 4.79 Å². The summed E-state index contributed by atoms with van der Waals surface area (Å²) >= 11 is 0. The summed E-state index contributed by atoms with van der Waals surface area (Å²) in [5.41, 5.74) is -0.135. The fraction of sp³-hybridized carbons (Fsp3) is 0.909. The number of amides is 1. The maximum Gasteiger partial charge on any atom is 0.229 e. The maximum absolute atomic E-state index is 12.2. The molecule has 1 amide bonds. The van der Waals surface area contributed by atoms with Gasteiger partial charge in [-0.15, -0.1) is 0 Å². The van der Waals surface area contributed by atoms with Crippen molar-refractivity contribution in [1.29, 1.82) is 0 Å². The zero-order valence-electron chi connectivity index (χ0n) is 9.18. The van der Waals surface area contributed by atoms with Crippen LogP contribution in [0.1, 0.15) is 33.1 Å². The summed E-state index contributed by atoms with van der Waals surface area (Å²) < 4.78 is 0. The number of rotatable bonds is 2. The first-order valence-corrected chi connectivity index (χ1v) is 5.62. The lowest BCUT2D eigenvalue weighted by atomic mass is 9.66. The quantitative estimate of drug-likeness (QED) is 0.720. The van der Waals surface area contributed by atoms with Gasteiger partial charge in [-0.25, -0.2) is 0 Å². The average Bonchev–Trinajstić information content (AvgIpc) is 2.49. The van der Waals surface area contributed by atoms with Crippen LogP contribution in [0.3, 0.4) is 0 Å². The third kappa shape index (κ3) is 1.54. The molecular formula is C11H20N2O. The first-order valence-electron chi connectivity index (χ1n) is 5.62. The van der Waals surface area contributed by atoms with Gasteiger partial charge in [0, 0.05) is 18.5 Å². The number of carbonyl (C=O) groups is 1. The van der Waals surface area contributed by atoms with Crippen molar-refractivity contribution in [3.63, 3.8) is 0 Å². The minimum absolute atomic E-state index is 0.135. The van der Waals surface area contributed by atoms with Crippen LogP contribution in [0.5, 0.6) is 0 Å². The van der Waals surface area contributed by atoms with Gasteiger partial charge in [-0.2, -0.15) is 0 Å². The van der Waals surface area contributed by atoms with E-state index >= 15 is 0 Å². The first kappa shape index (κ1) is 9.97. The topological polar surface area (TPSA) is 32.3 Å². The molecule has 0 aromatic carbocycles. The van der Waals surface area contributed by atoms with E-state index in [2.05, 4.69) is 19.2 Å². The SMILES string of the molecule is CC(C)(C(=O)N1CCNC1)C1CCC1. The number of carbonyl (C=O) groups excluding carboxylic acids is 1. The molecule has 0 unspecified atom stereocenters. The van der Waals surface area contributed by atoms with Crippen LogP contribution in [-0.2, 0) is 4.79 Å². The fourth-order valence-corrected chi connectivity index (χ4v) is 2.39. The van der Waals surface area contributed by atoms with Crippen molar-refractivity contribution in [2.45, 2.75) is 33.1 Å². The highest BCUT2D eigenvalue weighted by molar-refractivity contribution is 5.82. The van der Waals surface area contributed by atoms with Gasteiger partial charge in [0.2, 0.25) is 5.91 Å². The van der Waals surface area contributed by atoms with E-state index in [4.69, 9.17) is 0 Å². The molecule has 3 heteroatoms. The van der Waals surface area contributed by atoms with Crippen LogP contribution in [0.25, 0.3) is 0 Å². The van der Waals surface area contributed by atoms with Crippen molar-refractivity contribution in [1.82, 2.24) is 10.2 Å². The highest BCUT2D eigenvalue weighted by Gasteiger charge is 2.42. The number of hydrogen-bond donors (Lipinski definition) is 1. The molecule has 0 aromatic heterocycles. The molecule has 0 atom stereocenters. The predicted octanol–water partition coefficient (Wildman–Crippen LogP) is 1.20.